The number of halogens is 1. The Labute approximate surface area is 130 Å². The molecule has 0 atom stereocenters. The molecule has 0 saturated carbocycles. The maximum Gasteiger partial charge on any atom is 0.123 e. The van der Waals surface area contributed by atoms with Crippen molar-refractivity contribution in [1.82, 2.24) is 0 Å². The molecule has 3 aromatic rings. The minimum absolute atomic E-state index is 0.673. The van der Waals surface area contributed by atoms with Gasteiger partial charge in [-0.05, 0) is 41.5 Å². The van der Waals surface area contributed by atoms with E-state index < -0.39 is 0 Å². The molecule has 0 aliphatic carbocycles. The summed E-state index contributed by atoms with van der Waals surface area (Å²) in [6, 6.07) is 20.6. The van der Waals surface area contributed by atoms with Gasteiger partial charge in [0.2, 0.25) is 0 Å². The van der Waals surface area contributed by atoms with Gasteiger partial charge in [-0.15, -0.1) is 0 Å². The number of fused-ring (bicyclic) bond motifs is 1. The van der Waals surface area contributed by atoms with Gasteiger partial charge in [-0.2, -0.15) is 0 Å². The summed E-state index contributed by atoms with van der Waals surface area (Å²) in [5, 5.41) is 3.25. The highest BCUT2D eigenvalue weighted by Crippen LogP contribution is 2.30. The molecule has 0 aliphatic heterocycles. The lowest BCUT2D eigenvalue weighted by molar-refractivity contribution is 0.337. The summed E-state index contributed by atoms with van der Waals surface area (Å²) in [7, 11) is 0. The molecule has 0 unspecified atom stereocenters. The van der Waals surface area contributed by atoms with E-state index in [-0.39, 0.29) is 0 Å². The van der Waals surface area contributed by atoms with Crippen LogP contribution in [0.1, 0.15) is 18.1 Å². The first-order valence-corrected chi connectivity index (χ1v) is 7.53. The molecule has 0 N–H and O–H groups in total. The molecule has 0 radical (unpaired) electrons. The van der Waals surface area contributed by atoms with Gasteiger partial charge < -0.3 is 4.74 Å². The van der Waals surface area contributed by atoms with Crippen molar-refractivity contribution in [3.63, 3.8) is 0 Å². The normalized spacial score (nSPS) is 10.8. The van der Waals surface area contributed by atoms with E-state index in [1.807, 2.05) is 19.1 Å². The van der Waals surface area contributed by atoms with Crippen LogP contribution in [0.25, 0.3) is 10.8 Å². The predicted octanol–water partition coefficient (Wildman–Crippen LogP) is 5.48. The van der Waals surface area contributed by atoms with E-state index in [1.54, 1.807) is 0 Å². The molecule has 3 rings (SSSR count). The van der Waals surface area contributed by atoms with Crippen molar-refractivity contribution in [2.75, 3.05) is 6.61 Å². The number of benzene rings is 3. The SMILES string of the molecule is CCOc1ccc2ccccc2c1Cc1ccc(Cl)cc1. The smallest absolute Gasteiger partial charge is 0.123 e. The number of rotatable bonds is 4. The first-order chi connectivity index (χ1) is 10.3. The van der Waals surface area contributed by atoms with E-state index in [9.17, 15) is 0 Å². The standard InChI is InChI=1S/C19H17ClO/c1-2-21-19-12-9-15-5-3-4-6-17(15)18(19)13-14-7-10-16(20)11-8-14/h3-12H,2,13H2,1H3. The highest BCUT2D eigenvalue weighted by molar-refractivity contribution is 6.30. The van der Waals surface area contributed by atoms with Gasteiger partial charge in [-0.3, -0.25) is 0 Å². The lowest BCUT2D eigenvalue weighted by Gasteiger charge is -2.13. The Morgan fingerprint density at radius 3 is 2.43 bits per heavy atom. The summed E-state index contributed by atoms with van der Waals surface area (Å²) in [4.78, 5) is 0. The molecule has 0 aromatic heterocycles. The first kappa shape index (κ1) is 14.0. The molecule has 0 bridgehead atoms. The van der Waals surface area contributed by atoms with Crippen molar-refractivity contribution in [1.29, 1.82) is 0 Å². The maximum atomic E-state index is 5.97. The van der Waals surface area contributed by atoms with Crippen LogP contribution in [-0.2, 0) is 6.42 Å². The fourth-order valence-electron chi connectivity index (χ4n) is 2.60. The van der Waals surface area contributed by atoms with Gasteiger partial charge in [0, 0.05) is 17.0 Å². The second kappa shape index (κ2) is 6.19. The quantitative estimate of drug-likeness (QED) is 0.619. The lowest BCUT2D eigenvalue weighted by atomic mass is 9.97. The molecule has 106 valence electrons. The van der Waals surface area contributed by atoms with Crippen molar-refractivity contribution in [2.45, 2.75) is 13.3 Å². The van der Waals surface area contributed by atoms with E-state index in [2.05, 4.69) is 48.5 Å². The summed E-state index contributed by atoms with van der Waals surface area (Å²) in [5.41, 5.74) is 2.47. The zero-order chi connectivity index (χ0) is 14.7. The van der Waals surface area contributed by atoms with Crippen LogP contribution in [0.3, 0.4) is 0 Å². The fourth-order valence-corrected chi connectivity index (χ4v) is 2.72. The highest BCUT2D eigenvalue weighted by atomic mass is 35.5. The Morgan fingerprint density at radius 2 is 1.67 bits per heavy atom. The predicted molar refractivity (Wildman–Crippen MR) is 89.4 cm³/mol. The second-order valence-corrected chi connectivity index (χ2v) is 5.44. The van der Waals surface area contributed by atoms with Crippen molar-refractivity contribution >= 4 is 22.4 Å². The third-order valence-electron chi connectivity index (χ3n) is 3.59. The average molecular weight is 297 g/mol. The zero-order valence-corrected chi connectivity index (χ0v) is 12.7. The van der Waals surface area contributed by atoms with Crippen molar-refractivity contribution in [2.24, 2.45) is 0 Å². The molecular weight excluding hydrogens is 280 g/mol. The van der Waals surface area contributed by atoms with Gasteiger partial charge >= 0.3 is 0 Å². The van der Waals surface area contributed by atoms with E-state index in [0.29, 0.717) is 6.61 Å². The molecule has 0 fully saturated rings. The molecule has 0 spiro atoms. The van der Waals surface area contributed by atoms with Crippen LogP contribution in [0, 0.1) is 0 Å². The summed E-state index contributed by atoms with van der Waals surface area (Å²) in [6.07, 6.45) is 0.841. The molecule has 21 heavy (non-hydrogen) atoms. The molecule has 1 nitrogen and oxygen atoms in total. The third-order valence-corrected chi connectivity index (χ3v) is 3.84. The van der Waals surface area contributed by atoms with Gasteiger partial charge in [-0.25, -0.2) is 0 Å². The maximum absolute atomic E-state index is 5.97. The van der Waals surface area contributed by atoms with Gasteiger partial charge in [-0.1, -0.05) is 54.1 Å². The summed E-state index contributed by atoms with van der Waals surface area (Å²) in [6.45, 7) is 2.69. The number of hydrogen-bond donors (Lipinski definition) is 0. The Kier molecular flexibility index (Phi) is 4.12. The summed E-state index contributed by atoms with van der Waals surface area (Å²) < 4.78 is 5.81. The Balaban J connectivity index is 2.09. The molecule has 2 heteroatoms. The van der Waals surface area contributed by atoms with Crippen LogP contribution in [0.2, 0.25) is 5.02 Å². The molecule has 0 heterocycles. The topological polar surface area (TPSA) is 9.23 Å². The van der Waals surface area contributed by atoms with Gasteiger partial charge in [0.1, 0.15) is 5.75 Å². The van der Waals surface area contributed by atoms with E-state index >= 15 is 0 Å². The number of ether oxygens (including phenoxy) is 1. The van der Waals surface area contributed by atoms with Crippen molar-refractivity contribution in [3.8, 4) is 5.75 Å². The Hall–Kier alpha value is -1.99. The van der Waals surface area contributed by atoms with E-state index in [1.165, 1.54) is 21.9 Å². The molecule has 0 saturated heterocycles. The van der Waals surface area contributed by atoms with Crippen molar-refractivity contribution in [3.05, 3.63) is 76.8 Å². The van der Waals surface area contributed by atoms with Crippen molar-refractivity contribution < 1.29 is 4.74 Å². The van der Waals surface area contributed by atoms with Crippen LogP contribution >= 0.6 is 11.6 Å². The molecular formula is C19H17ClO. The first-order valence-electron chi connectivity index (χ1n) is 7.16. The van der Waals surface area contributed by atoms with Crippen LogP contribution in [0.5, 0.6) is 5.75 Å². The highest BCUT2D eigenvalue weighted by Gasteiger charge is 2.09. The minimum atomic E-state index is 0.673. The molecule has 0 amide bonds. The largest absolute Gasteiger partial charge is 0.494 e. The third kappa shape index (κ3) is 3.03. The summed E-state index contributed by atoms with van der Waals surface area (Å²) >= 11 is 5.97. The summed E-state index contributed by atoms with van der Waals surface area (Å²) in [5.74, 6) is 0.964. The Bertz CT molecular complexity index is 747. The monoisotopic (exact) mass is 296 g/mol. The Morgan fingerprint density at radius 1 is 0.905 bits per heavy atom. The van der Waals surface area contributed by atoms with E-state index in [0.717, 1.165) is 17.2 Å². The fraction of sp³-hybridized carbons (Fsp3) is 0.158. The second-order valence-electron chi connectivity index (χ2n) is 5.00. The lowest BCUT2D eigenvalue weighted by Crippen LogP contribution is -1.99. The molecule has 3 aromatic carbocycles. The minimum Gasteiger partial charge on any atom is -0.494 e. The van der Waals surface area contributed by atoms with Gasteiger partial charge in [0.15, 0.2) is 0 Å². The molecule has 0 aliphatic rings. The zero-order valence-electron chi connectivity index (χ0n) is 12.0. The van der Waals surface area contributed by atoms with Crippen LogP contribution in [0.15, 0.2) is 60.7 Å². The van der Waals surface area contributed by atoms with Gasteiger partial charge in [0.05, 0.1) is 6.61 Å². The van der Waals surface area contributed by atoms with E-state index in [4.69, 9.17) is 16.3 Å². The average Bonchev–Trinajstić information content (AvgIpc) is 2.52. The van der Waals surface area contributed by atoms with Gasteiger partial charge in [0.25, 0.3) is 0 Å². The van der Waals surface area contributed by atoms with Crippen LogP contribution in [-0.4, -0.2) is 6.61 Å². The van der Waals surface area contributed by atoms with Crippen LogP contribution in [0.4, 0.5) is 0 Å². The number of hydrogen-bond acceptors (Lipinski definition) is 1. The van der Waals surface area contributed by atoms with Crippen LogP contribution < -0.4 is 4.74 Å².